The number of carboxylic acids is 1. The molecule has 9 nitrogen and oxygen atoms in total. The van der Waals surface area contributed by atoms with Crippen molar-refractivity contribution in [2.75, 3.05) is 19.6 Å². The lowest BCUT2D eigenvalue weighted by Crippen LogP contribution is -2.46. The van der Waals surface area contributed by atoms with Crippen LogP contribution >= 0.6 is 11.6 Å². The quantitative estimate of drug-likeness (QED) is 0.118. The second-order valence-electron chi connectivity index (χ2n) is 13.5. The molecule has 2 heterocycles. The molecule has 4 aromatic rings. The molecule has 0 aromatic heterocycles. The second kappa shape index (κ2) is 17.0. The van der Waals surface area contributed by atoms with Crippen LogP contribution in [0.3, 0.4) is 0 Å². The number of halogens is 1. The highest BCUT2D eigenvalue weighted by atomic mass is 35.5. The van der Waals surface area contributed by atoms with Crippen LogP contribution in [0.25, 0.3) is 11.1 Å². The zero-order chi connectivity index (χ0) is 35.8. The molecular weight excluding hydrogens is 668 g/mol. The van der Waals surface area contributed by atoms with E-state index in [4.69, 9.17) is 26.2 Å². The first kappa shape index (κ1) is 36.7. The Labute approximate surface area is 303 Å². The number of piperidine rings is 1. The molecule has 0 radical (unpaired) electrons. The summed E-state index contributed by atoms with van der Waals surface area (Å²) in [5, 5.41) is 33.3. The van der Waals surface area contributed by atoms with Crippen LogP contribution in [0.15, 0.2) is 97.1 Å². The lowest BCUT2D eigenvalue weighted by Gasteiger charge is -2.42. The van der Waals surface area contributed by atoms with E-state index in [1.165, 1.54) is 0 Å². The molecule has 51 heavy (non-hydrogen) atoms. The second-order valence-corrected chi connectivity index (χ2v) is 14.0. The maximum Gasteiger partial charge on any atom is 0.303 e. The van der Waals surface area contributed by atoms with Crippen molar-refractivity contribution in [3.05, 3.63) is 130 Å². The van der Waals surface area contributed by atoms with Crippen LogP contribution in [0.5, 0.6) is 0 Å². The van der Waals surface area contributed by atoms with Gasteiger partial charge in [-0.3, -0.25) is 9.59 Å². The van der Waals surface area contributed by atoms with E-state index in [0.717, 1.165) is 52.0 Å². The van der Waals surface area contributed by atoms with Crippen molar-refractivity contribution in [1.29, 1.82) is 0 Å². The molecule has 3 atom stereocenters. The average molecular weight is 713 g/mol. The van der Waals surface area contributed by atoms with Crippen LogP contribution in [0.2, 0.25) is 5.02 Å². The number of nitrogens with one attached hydrogen (secondary N) is 1. The van der Waals surface area contributed by atoms with Gasteiger partial charge in [-0.05, 0) is 70.8 Å². The van der Waals surface area contributed by atoms with E-state index in [1.54, 1.807) is 0 Å². The number of aliphatic carboxylic acids is 1. The van der Waals surface area contributed by atoms with Gasteiger partial charge < -0.3 is 35.0 Å². The van der Waals surface area contributed by atoms with Crippen LogP contribution in [-0.2, 0) is 37.8 Å². The summed E-state index contributed by atoms with van der Waals surface area (Å²) in [7, 11) is 0. The Bertz CT molecular complexity index is 1760. The maximum absolute atomic E-state index is 12.2. The van der Waals surface area contributed by atoms with Gasteiger partial charge in [-0.1, -0.05) is 90.5 Å². The molecule has 2 saturated heterocycles. The van der Waals surface area contributed by atoms with Crippen LogP contribution in [0, 0.1) is 0 Å². The third-order valence-corrected chi connectivity index (χ3v) is 10.1. The molecule has 2 aliphatic rings. The molecule has 0 bridgehead atoms. The summed E-state index contributed by atoms with van der Waals surface area (Å²) in [6.45, 7) is 2.53. The summed E-state index contributed by atoms with van der Waals surface area (Å²) in [6.07, 6.45) is 1.49. The fourth-order valence-corrected chi connectivity index (χ4v) is 6.98. The standard InChI is InChI=1S/C41H45ClN2O7/c42-35-17-15-34(16-18-35)41(49)19-21-44(22-20-41)26-36-24-37(31-9-7-28(27-45)8-10-31)51-40(50-36)32-13-11-30(12-14-32)33-4-1-3-29(23-33)25-43-38(46)5-2-6-39(47)48/h1,3-4,7-18,23,36-37,40,45,49H,2,5-6,19-22,24-27H2,(H,43,46)(H,47,48)/t36-,37+,40+/m0/s1. The van der Waals surface area contributed by atoms with Gasteiger partial charge in [-0.2, -0.15) is 0 Å². The first-order valence-corrected chi connectivity index (χ1v) is 17.9. The highest BCUT2D eigenvalue weighted by Gasteiger charge is 2.37. The van der Waals surface area contributed by atoms with E-state index in [1.807, 2.05) is 97.1 Å². The number of carboxylic acid groups (broad SMARTS) is 1. The Balaban J connectivity index is 1.12. The number of carbonyl (C=O) groups is 2. The van der Waals surface area contributed by atoms with Gasteiger partial charge in [0.25, 0.3) is 0 Å². The maximum atomic E-state index is 12.2. The summed E-state index contributed by atoms with van der Waals surface area (Å²) in [4.78, 5) is 25.2. The Hall–Kier alpha value is -4.09. The predicted octanol–water partition coefficient (Wildman–Crippen LogP) is 6.90. The van der Waals surface area contributed by atoms with Crippen molar-refractivity contribution >= 4 is 23.5 Å². The predicted molar refractivity (Wildman–Crippen MR) is 195 cm³/mol. The topological polar surface area (TPSA) is 129 Å². The molecule has 2 aliphatic heterocycles. The third kappa shape index (κ3) is 9.83. The molecule has 0 spiro atoms. The number of hydrogen-bond acceptors (Lipinski definition) is 7. The summed E-state index contributed by atoms with van der Waals surface area (Å²) < 4.78 is 13.2. The highest BCUT2D eigenvalue weighted by molar-refractivity contribution is 6.30. The minimum absolute atomic E-state index is 0.0179. The number of rotatable bonds is 13. The Morgan fingerprint density at radius 2 is 1.55 bits per heavy atom. The van der Waals surface area contributed by atoms with Gasteiger partial charge in [0.2, 0.25) is 5.91 Å². The number of likely N-dealkylation sites (tertiary alicyclic amines) is 1. The SMILES string of the molecule is O=C(O)CCCC(=O)NCc1cccc(-c2ccc([C@@H]3O[C@H](CN4CCC(O)(c5ccc(Cl)cc5)CC4)C[C@H](c4ccc(CO)cc4)O3)cc2)c1. The molecule has 1 amide bonds. The molecule has 0 saturated carbocycles. The zero-order valence-corrected chi connectivity index (χ0v) is 29.3. The summed E-state index contributed by atoms with van der Waals surface area (Å²) >= 11 is 6.08. The van der Waals surface area contributed by atoms with Crippen LogP contribution in [0.4, 0.5) is 0 Å². The van der Waals surface area contributed by atoms with Gasteiger partial charge >= 0.3 is 5.97 Å². The first-order valence-electron chi connectivity index (χ1n) is 17.6. The Morgan fingerprint density at radius 1 is 0.843 bits per heavy atom. The number of nitrogens with zero attached hydrogens (tertiary/aromatic N) is 1. The Kier molecular flexibility index (Phi) is 12.2. The summed E-state index contributed by atoms with van der Waals surface area (Å²) in [5.74, 6) is -1.07. The lowest BCUT2D eigenvalue weighted by atomic mass is 9.84. The average Bonchev–Trinajstić information content (AvgIpc) is 3.15. The van der Waals surface area contributed by atoms with E-state index in [9.17, 15) is 19.8 Å². The number of aliphatic hydroxyl groups is 2. The normalized spacial score (nSPS) is 20.5. The van der Waals surface area contributed by atoms with Gasteiger partial charge in [0.05, 0.1) is 24.4 Å². The number of amides is 1. The fraction of sp³-hybridized carbons (Fsp3) is 0.366. The van der Waals surface area contributed by atoms with Crippen LogP contribution in [-0.4, -0.2) is 57.8 Å². The van der Waals surface area contributed by atoms with Crippen molar-refractivity contribution in [2.45, 2.75) is 75.8 Å². The highest BCUT2D eigenvalue weighted by Crippen LogP contribution is 2.40. The first-order chi connectivity index (χ1) is 24.7. The van der Waals surface area contributed by atoms with Gasteiger partial charge in [-0.15, -0.1) is 0 Å². The van der Waals surface area contributed by atoms with Crippen LogP contribution in [0.1, 0.15) is 78.7 Å². The van der Waals surface area contributed by atoms with Crippen molar-refractivity contribution in [2.24, 2.45) is 0 Å². The van der Waals surface area contributed by atoms with E-state index in [-0.39, 0.29) is 37.6 Å². The Morgan fingerprint density at radius 3 is 2.24 bits per heavy atom. The molecule has 4 N–H and O–H groups in total. The van der Waals surface area contributed by atoms with E-state index >= 15 is 0 Å². The zero-order valence-electron chi connectivity index (χ0n) is 28.5. The molecule has 10 heteroatoms. The molecule has 0 unspecified atom stereocenters. The summed E-state index contributed by atoms with van der Waals surface area (Å²) in [6, 6.07) is 31.5. The minimum Gasteiger partial charge on any atom is -0.481 e. The van der Waals surface area contributed by atoms with Gasteiger partial charge in [0.15, 0.2) is 6.29 Å². The van der Waals surface area contributed by atoms with E-state index in [0.29, 0.717) is 43.8 Å². The number of carbonyl (C=O) groups excluding carboxylic acids is 1. The van der Waals surface area contributed by atoms with Crippen molar-refractivity contribution in [1.82, 2.24) is 10.2 Å². The number of benzene rings is 4. The molecule has 4 aromatic carbocycles. The molecule has 6 rings (SSSR count). The molecular formula is C41H45ClN2O7. The van der Waals surface area contributed by atoms with Crippen molar-refractivity contribution in [3.8, 4) is 11.1 Å². The van der Waals surface area contributed by atoms with Crippen molar-refractivity contribution in [3.63, 3.8) is 0 Å². The van der Waals surface area contributed by atoms with E-state index < -0.39 is 17.9 Å². The van der Waals surface area contributed by atoms with E-state index in [2.05, 4.69) is 10.2 Å². The fourth-order valence-electron chi connectivity index (χ4n) is 6.86. The summed E-state index contributed by atoms with van der Waals surface area (Å²) in [5.41, 5.74) is 5.76. The number of ether oxygens (including phenoxy) is 2. The lowest BCUT2D eigenvalue weighted by molar-refractivity contribution is -0.253. The van der Waals surface area contributed by atoms with Crippen molar-refractivity contribution < 1.29 is 34.4 Å². The molecule has 268 valence electrons. The molecule has 2 fully saturated rings. The van der Waals surface area contributed by atoms with Crippen LogP contribution < -0.4 is 5.32 Å². The third-order valence-electron chi connectivity index (χ3n) is 9.87. The molecule has 0 aliphatic carbocycles. The van der Waals surface area contributed by atoms with Gasteiger partial charge in [0.1, 0.15) is 0 Å². The largest absolute Gasteiger partial charge is 0.481 e. The number of aliphatic hydroxyl groups excluding tert-OH is 1. The van der Waals surface area contributed by atoms with Gasteiger partial charge in [-0.25, -0.2) is 0 Å². The number of hydrogen-bond donors (Lipinski definition) is 4. The monoisotopic (exact) mass is 712 g/mol. The smallest absolute Gasteiger partial charge is 0.303 e. The minimum atomic E-state index is -0.903. The van der Waals surface area contributed by atoms with Gasteiger partial charge in [0, 0.05) is 56.0 Å².